The van der Waals surface area contributed by atoms with Crippen molar-refractivity contribution in [3.8, 4) is 0 Å². The van der Waals surface area contributed by atoms with Crippen molar-refractivity contribution in [3.05, 3.63) is 60.2 Å². The van der Waals surface area contributed by atoms with Gasteiger partial charge in [-0.3, -0.25) is 14.6 Å². The second-order valence-electron chi connectivity index (χ2n) is 5.79. The molecular formula is C19H26N2O. The van der Waals surface area contributed by atoms with Gasteiger partial charge >= 0.3 is 0 Å². The normalized spacial score (nSPS) is 17.4. The molecule has 0 saturated heterocycles. The highest BCUT2D eigenvalue weighted by Gasteiger charge is 2.35. The van der Waals surface area contributed by atoms with Crippen molar-refractivity contribution in [2.45, 2.75) is 19.5 Å². The van der Waals surface area contributed by atoms with Gasteiger partial charge in [-0.1, -0.05) is 56.3 Å². The predicted molar refractivity (Wildman–Crippen MR) is 91.9 cm³/mol. The van der Waals surface area contributed by atoms with Crippen LogP contribution in [-0.2, 0) is 0 Å². The van der Waals surface area contributed by atoms with Crippen LogP contribution in [0.15, 0.2) is 54.6 Å². The van der Waals surface area contributed by atoms with Gasteiger partial charge in [-0.2, -0.15) is 0 Å². The molecule has 118 valence electrons. The molecule has 1 aromatic carbocycles. The van der Waals surface area contributed by atoms with E-state index in [1.165, 1.54) is 0 Å². The molecule has 0 heterocycles. The largest absolute Gasteiger partial charge is 0.293 e. The average Bonchev–Trinajstić information content (AvgIpc) is 2.60. The minimum atomic E-state index is -0.239. The number of likely N-dealkylation sites (N-methyl/N-ethyl adjacent to an activating group) is 2. The van der Waals surface area contributed by atoms with Crippen molar-refractivity contribution in [1.82, 2.24) is 9.80 Å². The average molecular weight is 298 g/mol. The summed E-state index contributed by atoms with van der Waals surface area (Å²) < 4.78 is 0. The number of rotatable bonds is 6. The summed E-state index contributed by atoms with van der Waals surface area (Å²) in [6.07, 6.45) is 8.39. The first-order valence-electron chi connectivity index (χ1n) is 7.95. The summed E-state index contributed by atoms with van der Waals surface area (Å²) in [6, 6.07) is 9.50. The van der Waals surface area contributed by atoms with Gasteiger partial charge in [0.15, 0.2) is 5.78 Å². The summed E-state index contributed by atoms with van der Waals surface area (Å²) in [6.45, 7) is 6.18. The molecule has 0 aliphatic heterocycles. The molecule has 0 unspecified atom stereocenters. The Hall–Kier alpha value is -1.71. The standard InChI is InChI=1S/C19H26N2O/c1-5-20(3)19(21(4)6-2)14-12-17(13-15-19)18(22)16-10-8-7-9-11-16/h7-15,17H,5-6H2,1-4H3. The van der Waals surface area contributed by atoms with Gasteiger partial charge in [-0.15, -0.1) is 0 Å². The monoisotopic (exact) mass is 298 g/mol. The van der Waals surface area contributed by atoms with Gasteiger partial charge in [0.05, 0.1) is 5.92 Å². The van der Waals surface area contributed by atoms with Gasteiger partial charge in [0.25, 0.3) is 0 Å². The van der Waals surface area contributed by atoms with Crippen LogP contribution in [0.2, 0.25) is 0 Å². The molecule has 0 radical (unpaired) electrons. The first kappa shape index (κ1) is 16.7. The third-order valence-electron chi connectivity index (χ3n) is 4.63. The lowest BCUT2D eigenvalue weighted by molar-refractivity contribution is 0.0590. The number of allylic oxidation sites excluding steroid dienone is 2. The fourth-order valence-electron chi connectivity index (χ4n) is 2.89. The summed E-state index contributed by atoms with van der Waals surface area (Å²) in [7, 11) is 4.22. The van der Waals surface area contributed by atoms with Crippen molar-refractivity contribution >= 4 is 5.78 Å². The first-order chi connectivity index (χ1) is 10.5. The number of hydrogen-bond donors (Lipinski definition) is 0. The Bertz CT molecular complexity index is 536. The molecule has 0 N–H and O–H groups in total. The van der Waals surface area contributed by atoms with E-state index in [4.69, 9.17) is 0 Å². The SMILES string of the molecule is CCN(C)C1(N(C)CC)C=CC(C(=O)c2ccccc2)C=C1. The third kappa shape index (κ3) is 3.06. The Morgan fingerprint density at radius 1 is 1.00 bits per heavy atom. The molecule has 2 rings (SSSR count). The molecule has 0 amide bonds. The van der Waals surface area contributed by atoms with Crippen LogP contribution in [0.1, 0.15) is 24.2 Å². The highest BCUT2D eigenvalue weighted by Crippen LogP contribution is 2.28. The quantitative estimate of drug-likeness (QED) is 0.458. The molecule has 22 heavy (non-hydrogen) atoms. The van der Waals surface area contributed by atoms with E-state index in [-0.39, 0.29) is 17.4 Å². The molecule has 3 heteroatoms. The van der Waals surface area contributed by atoms with Crippen molar-refractivity contribution in [2.24, 2.45) is 5.92 Å². The summed E-state index contributed by atoms with van der Waals surface area (Å²) >= 11 is 0. The maximum absolute atomic E-state index is 12.6. The fourth-order valence-corrected chi connectivity index (χ4v) is 2.89. The maximum Gasteiger partial charge on any atom is 0.173 e. The van der Waals surface area contributed by atoms with Gasteiger partial charge in [-0.05, 0) is 39.3 Å². The van der Waals surface area contributed by atoms with Crippen LogP contribution in [0.5, 0.6) is 0 Å². The van der Waals surface area contributed by atoms with E-state index >= 15 is 0 Å². The van der Waals surface area contributed by atoms with Gasteiger partial charge in [0.1, 0.15) is 5.66 Å². The highest BCUT2D eigenvalue weighted by molar-refractivity contribution is 6.00. The molecule has 1 aromatic rings. The number of carbonyl (C=O) groups excluding carboxylic acids is 1. The minimum absolute atomic E-state index is 0.153. The van der Waals surface area contributed by atoms with E-state index in [0.29, 0.717) is 0 Å². The Labute approximate surface area is 133 Å². The molecule has 0 atom stereocenters. The van der Waals surface area contributed by atoms with Gasteiger partial charge in [0, 0.05) is 5.56 Å². The van der Waals surface area contributed by atoms with E-state index in [1.54, 1.807) is 0 Å². The van der Waals surface area contributed by atoms with Crippen LogP contribution in [0.3, 0.4) is 0 Å². The fraction of sp³-hybridized carbons (Fsp3) is 0.421. The number of Topliss-reactive ketones (excluding diaryl/α,β-unsaturated/α-hetero) is 1. The van der Waals surface area contributed by atoms with Gasteiger partial charge < -0.3 is 0 Å². The zero-order chi connectivity index (χ0) is 16.2. The van der Waals surface area contributed by atoms with Crippen LogP contribution in [-0.4, -0.2) is 48.4 Å². The molecule has 1 aliphatic rings. The zero-order valence-electron chi connectivity index (χ0n) is 14.0. The third-order valence-corrected chi connectivity index (χ3v) is 4.63. The maximum atomic E-state index is 12.6. The Morgan fingerprint density at radius 3 is 1.95 bits per heavy atom. The van der Waals surface area contributed by atoms with E-state index in [1.807, 2.05) is 42.5 Å². The Kier molecular flexibility index (Phi) is 5.33. The molecule has 0 bridgehead atoms. The molecule has 3 nitrogen and oxygen atoms in total. The van der Waals surface area contributed by atoms with Crippen LogP contribution >= 0.6 is 0 Å². The van der Waals surface area contributed by atoms with Crippen LogP contribution in [0.25, 0.3) is 0 Å². The van der Waals surface area contributed by atoms with Gasteiger partial charge in [0.2, 0.25) is 0 Å². The van der Waals surface area contributed by atoms with Crippen LogP contribution in [0, 0.1) is 5.92 Å². The number of carbonyl (C=O) groups is 1. The molecule has 0 aromatic heterocycles. The van der Waals surface area contributed by atoms with E-state index in [9.17, 15) is 4.79 Å². The minimum Gasteiger partial charge on any atom is -0.293 e. The Morgan fingerprint density at radius 2 is 1.50 bits per heavy atom. The second kappa shape index (κ2) is 7.03. The van der Waals surface area contributed by atoms with Crippen molar-refractivity contribution in [3.63, 3.8) is 0 Å². The van der Waals surface area contributed by atoms with Crippen molar-refractivity contribution < 1.29 is 4.79 Å². The lowest BCUT2D eigenvalue weighted by Crippen LogP contribution is -2.56. The zero-order valence-corrected chi connectivity index (χ0v) is 14.0. The molecule has 0 saturated carbocycles. The number of hydrogen-bond acceptors (Lipinski definition) is 3. The number of benzene rings is 1. The first-order valence-corrected chi connectivity index (χ1v) is 7.95. The summed E-state index contributed by atoms with van der Waals surface area (Å²) in [5, 5.41) is 0. The van der Waals surface area contributed by atoms with Gasteiger partial charge in [-0.25, -0.2) is 0 Å². The summed E-state index contributed by atoms with van der Waals surface area (Å²) in [5.74, 6) is -0.0222. The van der Waals surface area contributed by atoms with Crippen LogP contribution in [0.4, 0.5) is 0 Å². The van der Waals surface area contributed by atoms with Crippen molar-refractivity contribution in [1.29, 1.82) is 0 Å². The molecule has 1 aliphatic carbocycles. The number of ketones is 1. The van der Waals surface area contributed by atoms with E-state index < -0.39 is 0 Å². The highest BCUT2D eigenvalue weighted by atomic mass is 16.1. The lowest BCUT2D eigenvalue weighted by Gasteiger charge is -2.45. The van der Waals surface area contributed by atoms with E-state index in [2.05, 4.69) is 49.9 Å². The predicted octanol–water partition coefficient (Wildman–Crippen LogP) is 3.21. The molecule has 0 fully saturated rings. The topological polar surface area (TPSA) is 23.6 Å². The van der Waals surface area contributed by atoms with Crippen LogP contribution < -0.4 is 0 Å². The van der Waals surface area contributed by atoms with Crippen molar-refractivity contribution in [2.75, 3.05) is 27.2 Å². The lowest BCUT2D eigenvalue weighted by atomic mass is 9.89. The number of nitrogens with zero attached hydrogens (tertiary/aromatic N) is 2. The summed E-state index contributed by atoms with van der Waals surface area (Å²) in [5.41, 5.74) is 0.527. The Balaban J connectivity index is 2.24. The second-order valence-corrected chi connectivity index (χ2v) is 5.79. The smallest absolute Gasteiger partial charge is 0.173 e. The summed E-state index contributed by atoms with van der Waals surface area (Å²) in [4.78, 5) is 17.1. The molecular weight excluding hydrogens is 272 g/mol. The van der Waals surface area contributed by atoms with E-state index in [0.717, 1.165) is 18.7 Å². The molecule has 0 spiro atoms.